The Hall–Kier alpha value is -1.84. The van der Waals surface area contributed by atoms with Crippen molar-refractivity contribution < 1.29 is 9.47 Å². The molecule has 1 aliphatic heterocycles. The molecule has 1 atom stereocenters. The van der Waals surface area contributed by atoms with Crippen LogP contribution in [0.2, 0.25) is 0 Å². The highest BCUT2D eigenvalue weighted by atomic mass is 79.9. The highest BCUT2D eigenvalue weighted by Gasteiger charge is 2.22. The minimum atomic E-state index is -0.171. The summed E-state index contributed by atoms with van der Waals surface area (Å²) in [7, 11) is 0. The molecule has 116 valence electrons. The van der Waals surface area contributed by atoms with Gasteiger partial charge in [0.15, 0.2) is 0 Å². The lowest BCUT2D eigenvalue weighted by molar-refractivity contribution is -0.0993. The zero-order valence-corrected chi connectivity index (χ0v) is 14.3. The second-order valence-electron chi connectivity index (χ2n) is 5.79. The van der Waals surface area contributed by atoms with Gasteiger partial charge in [0.05, 0.1) is 6.61 Å². The van der Waals surface area contributed by atoms with Gasteiger partial charge in [-0.25, -0.2) is 0 Å². The maximum atomic E-state index is 6.06. The highest BCUT2D eigenvalue weighted by Crippen LogP contribution is 2.35. The van der Waals surface area contributed by atoms with E-state index in [0.29, 0.717) is 6.61 Å². The van der Waals surface area contributed by atoms with Crippen LogP contribution < -0.4 is 4.74 Å². The molecule has 0 radical (unpaired) electrons. The first-order valence-corrected chi connectivity index (χ1v) is 8.62. The van der Waals surface area contributed by atoms with E-state index in [2.05, 4.69) is 58.4 Å². The Morgan fingerprint density at radius 1 is 1.04 bits per heavy atom. The minimum Gasteiger partial charge on any atom is -0.465 e. The average Bonchev–Trinajstić information content (AvgIpc) is 2.60. The van der Waals surface area contributed by atoms with Gasteiger partial charge in [0.25, 0.3) is 0 Å². The smallest absolute Gasteiger partial charge is 0.200 e. The van der Waals surface area contributed by atoms with Gasteiger partial charge in [-0.3, -0.25) is 0 Å². The third kappa shape index (κ3) is 3.12. The molecule has 0 unspecified atom stereocenters. The maximum absolute atomic E-state index is 6.06. The van der Waals surface area contributed by atoms with Crippen molar-refractivity contribution in [3.8, 4) is 5.75 Å². The summed E-state index contributed by atoms with van der Waals surface area (Å²) in [4.78, 5) is 0. The summed E-state index contributed by atoms with van der Waals surface area (Å²) >= 11 is 3.53. The number of ether oxygens (including phenoxy) is 2. The van der Waals surface area contributed by atoms with Gasteiger partial charge < -0.3 is 9.47 Å². The van der Waals surface area contributed by atoms with E-state index in [1.807, 2.05) is 18.2 Å². The number of hydrogen-bond donors (Lipinski definition) is 0. The van der Waals surface area contributed by atoms with Gasteiger partial charge in [0.2, 0.25) is 6.29 Å². The van der Waals surface area contributed by atoms with Crippen LogP contribution in [0.1, 0.15) is 17.5 Å². The fraction of sp³-hybridized carbons (Fsp3) is 0.200. The van der Waals surface area contributed by atoms with Gasteiger partial charge in [0.1, 0.15) is 5.75 Å². The van der Waals surface area contributed by atoms with Gasteiger partial charge in [0, 0.05) is 16.5 Å². The Labute approximate surface area is 144 Å². The van der Waals surface area contributed by atoms with Crippen LogP contribution in [0, 0.1) is 0 Å². The predicted molar refractivity (Wildman–Crippen MR) is 95.6 cm³/mol. The monoisotopic (exact) mass is 368 g/mol. The number of fused-ring (bicyclic) bond motifs is 3. The van der Waals surface area contributed by atoms with Crippen molar-refractivity contribution >= 4 is 26.7 Å². The number of hydrogen-bond acceptors (Lipinski definition) is 2. The van der Waals surface area contributed by atoms with Crippen molar-refractivity contribution in [3.63, 3.8) is 0 Å². The van der Waals surface area contributed by atoms with Crippen LogP contribution in [0.5, 0.6) is 5.75 Å². The standard InChI is InChI=1S/C20H17BrO2/c21-16-7-8-17-15(12-16)6-10-19-18(17)9-11-20(23-19)22-13-14-4-2-1-3-5-14/h1-8,10,12,20H,9,11,13H2/t20-/m0/s1. The molecule has 1 aliphatic rings. The van der Waals surface area contributed by atoms with Crippen molar-refractivity contribution in [1.29, 1.82) is 0 Å². The molecule has 0 spiro atoms. The molecule has 1 heterocycles. The molecule has 0 N–H and O–H groups in total. The molecule has 23 heavy (non-hydrogen) atoms. The summed E-state index contributed by atoms with van der Waals surface area (Å²) in [6.45, 7) is 0.585. The van der Waals surface area contributed by atoms with Gasteiger partial charge in [-0.1, -0.05) is 58.4 Å². The van der Waals surface area contributed by atoms with Crippen molar-refractivity contribution in [3.05, 3.63) is 76.3 Å². The third-order valence-corrected chi connectivity index (χ3v) is 4.71. The van der Waals surface area contributed by atoms with E-state index in [4.69, 9.17) is 9.47 Å². The number of halogens is 1. The molecule has 0 amide bonds. The van der Waals surface area contributed by atoms with Crippen molar-refractivity contribution in [2.24, 2.45) is 0 Å². The summed E-state index contributed by atoms with van der Waals surface area (Å²) in [5.41, 5.74) is 2.46. The highest BCUT2D eigenvalue weighted by molar-refractivity contribution is 9.10. The van der Waals surface area contributed by atoms with Crippen molar-refractivity contribution in [2.45, 2.75) is 25.7 Å². The number of aryl methyl sites for hydroxylation is 1. The van der Waals surface area contributed by atoms with Crippen molar-refractivity contribution in [2.75, 3.05) is 0 Å². The molecule has 3 aromatic rings. The fourth-order valence-corrected chi connectivity index (χ4v) is 3.44. The van der Waals surface area contributed by atoms with Crippen LogP contribution in [0.15, 0.2) is 65.1 Å². The van der Waals surface area contributed by atoms with Crippen LogP contribution in [-0.2, 0) is 17.8 Å². The van der Waals surface area contributed by atoms with E-state index in [1.54, 1.807) is 0 Å². The first-order valence-electron chi connectivity index (χ1n) is 7.83. The summed E-state index contributed by atoms with van der Waals surface area (Å²) in [5, 5.41) is 2.51. The molecule has 0 fully saturated rings. The quantitative estimate of drug-likeness (QED) is 0.610. The lowest BCUT2D eigenvalue weighted by atomic mass is 9.98. The van der Waals surface area contributed by atoms with E-state index < -0.39 is 0 Å². The summed E-state index contributed by atoms with van der Waals surface area (Å²) in [5.74, 6) is 0.948. The molecule has 0 saturated carbocycles. The first-order chi connectivity index (χ1) is 11.3. The molecule has 0 bridgehead atoms. The fourth-order valence-electron chi connectivity index (χ4n) is 3.06. The Kier molecular flexibility index (Phi) is 4.06. The number of benzene rings is 3. The molecule has 2 nitrogen and oxygen atoms in total. The topological polar surface area (TPSA) is 18.5 Å². The summed E-state index contributed by atoms with van der Waals surface area (Å²) in [6, 6.07) is 20.8. The van der Waals surface area contributed by atoms with E-state index in [1.165, 1.54) is 21.9 Å². The minimum absolute atomic E-state index is 0.171. The van der Waals surface area contributed by atoms with Crippen LogP contribution in [0.3, 0.4) is 0 Å². The van der Waals surface area contributed by atoms with Crippen LogP contribution >= 0.6 is 15.9 Å². The molecular formula is C20H17BrO2. The Morgan fingerprint density at radius 2 is 1.91 bits per heavy atom. The lowest BCUT2D eigenvalue weighted by Gasteiger charge is -2.27. The average molecular weight is 369 g/mol. The van der Waals surface area contributed by atoms with Gasteiger partial charge in [-0.2, -0.15) is 0 Å². The molecule has 4 rings (SSSR count). The van der Waals surface area contributed by atoms with E-state index in [9.17, 15) is 0 Å². The Balaban J connectivity index is 1.52. The molecule has 0 aromatic heterocycles. The molecule has 3 heteroatoms. The van der Waals surface area contributed by atoms with E-state index in [0.717, 1.165) is 23.1 Å². The summed E-state index contributed by atoms with van der Waals surface area (Å²) in [6.07, 6.45) is 1.69. The normalized spacial score (nSPS) is 16.8. The third-order valence-electron chi connectivity index (χ3n) is 4.22. The number of rotatable bonds is 3. The lowest BCUT2D eigenvalue weighted by Crippen LogP contribution is -2.25. The van der Waals surface area contributed by atoms with E-state index in [-0.39, 0.29) is 6.29 Å². The Bertz CT molecular complexity index is 830. The maximum Gasteiger partial charge on any atom is 0.200 e. The summed E-state index contributed by atoms with van der Waals surface area (Å²) < 4.78 is 13.1. The van der Waals surface area contributed by atoms with Crippen LogP contribution in [-0.4, -0.2) is 6.29 Å². The van der Waals surface area contributed by atoms with Gasteiger partial charge in [-0.05, 0) is 41.0 Å². The second-order valence-corrected chi connectivity index (χ2v) is 6.71. The van der Waals surface area contributed by atoms with Crippen LogP contribution in [0.25, 0.3) is 10.8 Å². The van der Waals surface area contributed by atoms with Crippen molar-refractivity contribution in [1.82, 2.24) is 0 Å². The largest absolute Gasteiger partial charge is 0.465 e. The zero-order valence-electron chi connectivity index (χ0n) is 12.7. The second kappa shape index (κ2) is 6.34. The SMILES string of the molecule is Brc1ccc2c3c(ccc2c1)O[C@H](OCc1ccccc1)CC3. The van der Waals surface area contributed by atoms with Gasteiger partial charge >= 0.3 is 0 Å². The molecule has 0 aliphatic carbocycles. The zero-order chi connectivity index (χ0) is 15.6. The Morgan fingerprint density at radius 3 is 2.78 bits per heavy atom. The van der Waals surface area contributed by atoms with Crippen LogP contribution in [0.4, 0.5) is 0 Å². The van der Waals surface area contributed by atoms with Gasteiger partial charge in [-0.15, -0.1) is 0 Å². The molecule has 0 saturated heterocycles. The molecule has 3 aromatic carbocycles. The first kappa shape index (κ1) is 14.7. The molecular weight excluding hydrogens is 352 g/mol. The van der Waals surface area contributed by atoms with E-state index >= 15 is 0 Å². The predicted octanol–water partition coefficient (Wildman–Crippen LogP) is 5.47.